The summed E-state index contributed by atoms with van der Waals surface area (Å²) in [4.78, 5) is 26.0. The van der Waals surface area contributed by atoms with E-state index in [-0.39, 0.29) is 34.7 Å². The van der Waals surface area contributed by atoms with E-state index in [1.165, 1.54) is 11.7 Å². The van der Waals surface area contributed by atoms with Gasteiger partial charge in [0.2, 0.25) is 5.43 Å². The molecule has 0 amide bonds. The molecule has 2 heterocycles. The molecule has 156 valence electrons. The van der Waals surface area contributed by atoms with Crippen LogP contribution in [-0.2, 0) is 0 Å². The molecule has 1 aliphatic heterocycles. The summed E-state index contributed by atoms with van der Waals surface area (Å²) in [6.07, 6.45) is 0.148. The van der Waals surface area contributed by atoms with Gasteiger partial charge < -0.3 is 25.0 Å². The SMILES string of the molecule is COc1c(N2CC(C)C(C)(N)C2)c(F)cc2c(=O)c(C(=O)O)cn(C3CC3F)c12. The number of carboxylic acid groups (broad SMARTS) is 1. The van der Waals surface area contributed by atoms with Crippen molar-refractivity contribution in [2.75, 3.05) is 25.1 Å². The highest BCUT2D eigenvalue weighted by Crippen LogP contribution is 2.46. The van der Waals surface area contributed by atoms with E-state index in [9.17, 15) is 19.1 Å². The third-order valence-corrected chi connectivity index (χ3v) is 6.14. The fraction of sp³-hybridized carbons (Fsp3) is 0.500. The lowest BCUT2D eigenvalue weighted by atomic mass is 9.92. The third kappa shape index (κ3) is 2.95. The highest BCUT2D eigenvalue weighted by molar-refractivity contribution is 5.97. The first-order valence-electron chi connectivity index (χ1n) is 9.43. The lowest BCUT2D eigenvalue weighted by Crippen LogP contribution is -2.43. The fourth-order valence-corrected chi connectivity index (χ4v) is 4.13. The Morgan fingerprint density at radius 1 is 1.45 bits per heavy atom. The second kappa shape index (κ2) is 6.41. The molecule has 4 rings (SSSR count). The van der Waals surface area contributed by atoms with Crippen LogP contribution in [0.5, 0.6) is 5.75 Å². The van der Waals surface area contributed by atoms with E-state index >= 15 is 4.39 Å². The van der Waals surface area contributed by atoms with E-state index in [0.29, 0.717) is 13.1 Å². The maximum absolute atomic E-state index is 15.2. The number of hydrogen-bond donors (Lipinski definition) is 2. The van der Waals surface area contributed by atoms with Crippen LogP contribution >= 0.6 is 0 Å². The van der Waals surface area contributed by atoms with E-state index in [1.54, 1.807) is 4.90 Å². The molecule has 1 aliphatic carbocycles. The maximum atomic E-state index is 15.2. The molecule has 2 aromatic rings. The molecule has 1 saturated carbocycles. The molecule has 1 aromatic heterocycles. The minimum Gasteiger partial charge on any atom is -0.492 e. The van der Waals surface area contributed by atoms with Crippen LogP contribution < -0.4 is 20.8 Å². The average molecular weight is 407 g/mol. The summed E-state index contributed by atoms with van der Waals surface area (Å²) >= 11 is 0. The number of benzene rings is 1. The molecule has 4 atom stereocenters. The van der Waals surface area contributed by atoms with Crippen LogP contribution in [0.25, 0.3) is 10.9 Å². The van der Waals surface area contributed by atoms with Crippen LogP contribution in [0.3, 0.4) is 0 Å². The summed E-state index contributed by atoms with van der Waals surface area (Å²) < 4.78 is 36.0. The van der Waals surface area contributed by atoms with Gasteiger partial charge in [-0.1, -0.05) is 6.92 Å². The fourth-order valence-electron chi connectivity index (χ4n) is 4.13. The number of nitrogens with two attached hydrogens (primary N) is 1. The number of hydrogen-bond acceptors (Lipinski definition) is 5. The number of rotatable bonds is 4. The molecule has 29 heavy (non-hydrogen) atoms. The van der Waals surface area contributed by atoms with E-state index < -0.39 is 40.5 Å². The van der Waals surface area contributed by atoms with Gasteiger partial charge in [0.25, 0.3) is 0 Å². The smallest absolute Gasteiger partial charge is 0.341 e. The molecule has 1 saturated heterocycles. The number of aromatic nitrogens is 1. The van der Waals surface area contributed by atoms with E-state index in [2.05, 4.69) is 0 Å². The molecule has 4 unspecified atom stereocenters. The maximum Gasteiger partial charge on any atom is 0.341 e. The summed E-state index contributed by atoms with van der Waals surface area (Å²) in [6, 6.07) is 0.394. The molecule has 7 nitrogen and oxygen atoms in total. The number of nitrogens with zero attached hydrogens (tertiary/aromatic N) is 2. The number of carbonyl (C=O) groups is 1. The molecule has 9 heteroatoms. The highest BCUT2D eigenvalue weighted by atomic mass is 19.1. The number of ether oxygens (including phenoxy) is 1. The first-order valence-corrected chi connectivity index (χ1v) is 9.43. The standard InChI is InChI=1S/C20H23F2N3O4/c1-9-6-24(8-20(9,2)23)16-13(22)4-10-15(18(16)29-3)25(14-5-12(14)21)7-11(17(10)26)19(27)28/h4,7,9,12,14H,5-6,8,23H2,1-3H3,(H,27,28). The van der Waals surface area contributed by atoms with Gasteiger partial charge >= 0.3 is 5.97 Å². The van der Waals surface area contributed by atoms with Crippen molar-refractivity contribution in [2.24, 2.45) is 11.7 Å². The Balaban J connectivity index is 2.03. The molecule has 0 radical (unpaired) electrons. The van der Waals surface area contributed by atoms with Gasteiger partial charge in [0.1, 0.15) is 17.4 Å². The first kappa shape index (κ1) is 19.6. The normalized spacial score (nSPS) is 28.8. The second-order valence-electron chi connectivity index (χ2n) is 8.33. The van der Waals surface area contributed by atoms with Crippen LogP contribution in [-0.4, -0.2) is 47.6 Å². The summed E-state index contributed by atoms with van der Waals surface area (Å²) in [5, 5.41) is 9.22. The monoisotopic (exact) mass is 407 g/mol. The second-order valence-corrected chi connectivity index (χ2v) is 8.33. The van der Waals surface area contributed by atoms with Crippen molar-refractivity contribution in [3.63, 3.8) is 0 Å². The summed E-state index contributed by atoms with van der Waals surface area (Å²) in [5.41, 5.74) is 4.75. The summed E-state index contributed by atoms with van der Waals surface area (Å²) in [6.45, 7) is 4.71. The van der Waals surface area contributed by atoms with Crippen LogP contribution in [0.15, 0.2) is 17.1 Å². The van der Waals surface area contributed by atoms with E-state index in [4.69, 9.17) is 10.5 Å². The largest absolute Gasteiger partial charge is 0.492 e. The number of halogens is 2. The molecule has 2 aliphatic rings. The predicted molar refractivity (Wildman–Crippen MR) is 104 cm³/mol. The Morgan fingerprint density at radius 2 is 2.10 bits per heavy atom. The Hall–Kier alpha value is -2.68. The third-order valence-electron chi connectivity index (χ3n) is 6.14. The minimum absolute atomic E-state index is 0.0811. The average Bonchev–Trinajstić information content (AvgIpc) is 3.29. The van der Waals surface area contributed by atoms with Gasteiger partial charge in [0.15, 0.2) is 11.6 Å². The van der Waals surface area contributed by atoms with Crippen molar-refractivity contribution in [1.29, 1.82) is 0 Å². The Labute approximate surface area is 165 Å². The van der Waals surface area contributed by atoms with Crippen LogP contribution in [0.1, 0.15) is 36.7 Å². The first-order chi connectivity index (χ1) is 13.6. The number of methoxy groups -OCH3 is 1. The molecule has 1 aromatic carbocycles. The summed E-state index contributed by atoms with van der Waals surface area (Å²) in [7, 11) is 1.35. The number of anilines is 1. The zero-order chi connectivity index (χ0) is 21.2. The van der Waals surface area contributed by atoms with Gasteiger partial charge in [-0.05, 0) is 18.9 Å². The molecular weight excluding hydrogens is 384 g/mol. The molecule has 3 N–H and O–H groups in total. The molecule has 0 spiro atoms. The van der Waals surface area contributed by atoms with E-state index in [0.717, 1.165) is 12.3 Å². The lowest BCUT2D eigenvalue weighted by molar-refractivity contribution is 0.0694. The van der Waals surface area contributed by atoms with Gasteiger partial charge in [0, 0.05) is 31.2 Å². The van der Waals surface area contributed by atoms with Gasteiger partial charge in [-0.15, -0.1) is 0 Å². The van der Waals surface area contributed by atoms with Crippen molar-refractivity contribution in [2.45, 2.75) is 38.0 Å². The number of pyridine rings is 1. The zero-order valence-electron chi connectivity index (χ0n) is 16.4. The van der Waals surface area contributed by atoms with Crippen LogP contribution in [0, 0.1) is 11.7 Å². The number of aromatic carboxylic acids is 1. The zero-order valence-corrected chi connectivity index (χ0v) is 16.4. The number of alkyl halides is 1. The van der Waals surface area contributed by atoms with Crippen molar-refractivity contribution < 1.29 is 23.4 Å². The van der Waals surface area contributed by atoms with Crippen molar-refractivity contribution in [1.82, 2.24) is 4.57 Å². The number of carboxylic acids is 1. The van der Waals surface area contributed by atoms with Crippen molar-refractivity contribution in [3.05, 3.63) is 33.9 Å². The molecule has 2 fully saturated rings. The quantitative estimate of drug-likeness (QED) is 0.807. The topological polar surface area (TPSA) is 97.8 Å². The Kier molecular flexibility index (Phi) is 4.34. The van der Waals surface area contributed by atoms with Crippen LogP contribution in [0.2, 0.25) is 0 Å². The Bertz CT molecular complexity index is 1080. The minimum atomic E-state index is -1.45. The van der Waals surface area contributed by atoms with E-state index in [1.807, 2.05) is 13.8 Å². The molecular formula is C20H23F2N3O4. The van der Waals surface area contributed by atoms with Gasteiger partial charge in [0.05, 0.1) is 24.1 Å². The van der Waals surface area contributed by atoms with Crippen molar-refractivity contribution in [3.8, 4) is 5.75 Å². The van der Waals surface area contributed by atoms with Crippen LogP contribution in [0.4, 0.5) is 14.5 Å². The van der Waals surface area contributed by atoms with Gasteiger partial charge in [-0.2, -0.15) is 0 Å². The van der Waals surface area contributed by atoms with Gasteiger partial charge in [-0.3, -0.25) is 4.79 Å². The molecule has 0 bridgehead atoms. The van der Waals surface area contributed by atoms with Crippen molar-refractivity contribution >= 4 is 22.6 Å². The highest BCUT2D eigenvalue weighted by Gasteiger charge is 2.43. The summed E-state index contributed by atoms with van der Waals surface area (Å²) in [5.74, 6) is -1.99. The number of fused-ring (bicyclic) bond motifs is 1. The Morgan fingerprint density at radius 3 is 2.59 bits per heavy atom. The van der Waals surface area contributed by atoms with Gasteiger partial charge in [-0.25, -0.2) is 13.6 Å². The predicted octanol–water partition coefficient (Wildman–Crippen LogP) is 2.30. The lowest BCUT2D eigenvalue weighted by Gasteiger charge is -2.26.